The van der Waals surface area contributed by atoms with E-state index in [1.54, 1.807) is 17.5 Å². The summed E-state index contributed by atoms with van der Waals surface area (Å²) in [5, 5.41) is 0. The topological polar surface area (TPSA) is 9.23 Å². The minimum atomic E-state index is 0.177. The summed E-state index contributed by atoms with van der Waals surface area (Å²) in [7, 11) is 0. The van der Waals surface area contributed by atoms with E-state index in [0.29, 0.717) is 0 Å². The van der Waals surface area contributed by atoms with Gasteiger partial charge in [-0.25, -0.2) is 0 Å². The fourth-order valence-electron chi connectivity index (χ4n) is 10.7. The van der Waals surface area contributed by atoms with E-state index in [1.807, 2.05) is 6.07 Å². The van der Waals surface area contributed by atoms with Gasteiger partial charge in [-0.15, -0.1) is 0 Å². The first-order valence-electron chi connectivity index (χ1n) is 14.7. The smallest absolute Gasteiger partial charge is 0.127 e. The van der Waals surface area contributed by atoms with Gasteiger partial charge in [-0.05, 0) is 120 Å². The van der Waals surface area contributed by atoms with Crippen LogP contribution in [0.25, 0.3) is 11.1 Å². The second-order valence-electron chi connectivity index (χ2n) is 12.8. The molecule has 3 aromatic carbocycles. The normalized spacial score (nSPS) is 38.7. The number of fused-ring (bicyclic) bond motifs is 13. The Morgan fingerprint density at radius 3 is 1.97 bits per heavy atom. The Bertz CT molecular complexity index is 1280. The van der Waals surface area contributed by atoms with Crippen LogP contribution in [-0.2, 0) is 5.41 Å². The van der Waals surface area contributed by atoms with Crippen molar-refractivity contribution in [3.8, 4) is 22.6 Å². The Balaban J connectivity index is 1.21. The first-order valence-corrected chi connectivity index (χ1v) is 14.7. The standard InChI is InChI=1S/C35H38O/c1-3-21-16-22(4-2)34-28-18-27(33(21)34)29-19-35(20-30(28)29)31-13-9-8-12-25(31)26-15-14-24(17-32(26)35)36-23-10-6-5-7-11-23/h5-15,17,21-22,27-30,33-34H,3-4,16,18-20H2,1-2H3. The van der Waals surface area contributed by atoms with E-state index in [9.17, 15) is 0 Å². The summed E-state index contributed by atoms with van der Waals surface area (Å²) >= 11 is 0. The molecule has 1 spiro atoms. The van der Waals surface area contributed by atoms with Gasteiger partial charge in [0.15, 0.2) is 0 Å². The van der Waals surface area contributed by atoms with Gasteiger partial charge in [0.05, 0.1) is 0 Å². The van der Waals surface area contributed by atoms with Gasteiger partial charge in [0.2, 0.25) is 0 Å². The molecule has 1 nitrogen and oxygen atoms in total. The number of para-hydroxylation sites is 1. The monoisotopic (exact) mass is 474 g/mol. The molecule has 1 heteroatoms. The molecule has 4 saturated carbocycles. The third kappa shape index (κ3) is 2.73. The summed E-state index contributed by atoms with van der Waals surface area (Å²) in [4.78, 5) is 0. The Labute approximate surface area is 216 Å². The molecule has 0 radical (unpaired) electrons. The number of rotatable bonds is 4. The van der Waals surface area contributed by atoms with Crippen molar-refractivity contribution in [3.05, 3.63) is 83.9 Å². The predicted octanol–water partition coefficient (Wildman–Crippen LogP) is 9.11. The molecule has 4 fully saturated rings. The minimum absolute atomic E-state index is 0.177. The van der Waals surface area contributed by atoms with Crippen LogP contribution in [-0.4, -0.2) is 0 Å². The molecule has 5 aliphatic carbocycles. The molecule has 8 rings (SSSR count). The molecule has 36 heavy (non-hydrogen) atoms. The third-order valence-corrected chi connectivity index (χ3v) is 11.8. The summed E-state index contributed by atoms with van der Waals surface area (Å²) in [5.74, 6) is 9.71. The van der Waals surface area contributed by atoms with Gasteiger partial charge in [0.1, 0.15) is 11.5 Å². The average Bonchev–Trinajstić information content (AvgIpc) is 3.70. The predicted molar refractivity (Wildman–Crippen MR) is 146 cm³/mol. The molecule has 0 N–H and O–H groups in total. The first-order chi connectivity index (χ1) is 17.7. The highest BCUT2D eigenvalue weighted by Gasteiger charge is 2.68. The SMILES string of the molecule is CCC1CC(CC)C2C3CC(C4CC5(CC43)c3ccccc3-c3ccc(Oc4ccccc4)cc35)C12. The van der Waals surface area contributed by atoms with Crippen LogP contribution >= 0.6 is 0 Å². The first kappa shape index (κ1) is 21.5. The molecule has 8 atom stereocenters. The number of benzene rings is 3. The van der Waals surface area contributed by atoms with E-state index < -0.39 is 0 Å². The number of hydrogen-bond donors (Lipinski definition) is 0. The quantitative estimate of drug-likeness (QED) is 0.366. The second-order valence-corrected chi connectivity index (χ2v) is 12.8. The van der Waals surface area contributed by atoms with Gasteiger partial charge in [-0.2, -0.15) is 0 Å². The van der Waals surface area contributed by atoms with E-state index in [4.69, 9.17) is 4.74 Å². The van der Waals surface area contributed by atoms with Gasteiger partial charge < -0.3 is 4.74 Å². The van der Waals surface area contributed by atoms with E-state index in [2.05, 4.69) is 80.6 Å². The summed E-state index contributed by atoms with van der Waals surface area (Å²) in [6.07, 6.45) is 8.57. The Hall–Kier alpha value is -2.54. The van der Waals surface area contributed by atoms with Crippen LogP contribution < -0.4 is 4.74 Å². The van der Waals surface area contributed by atoms with E-state index in [0.717, 1.165) is 58.8 Å². The van der Waals surface area contributed by atoms with Gasteiger partial charge in [-0.3, -0.25) is 0 Å². The average molecular weight is 475 g/mol. The third-order valence-electron chi connectivity index (χ3n) is 11.8. The maximum absolute atomic E-state index is 6.37. The lowest BCUT2D eigenvalue weighted by atomic mass is 9.67. The molecule has 184 valence electrons. The van der Waals surface area contributed by atoms with Crippen LogP contribution in [0.3, 0.4) is 0 Å². The molecule has 0 aliphatic heterocycles. The Morgan fingerprint density at radius 1 is 0.639 bits per heavy atom. The summed E-state index contributed by atoms with van der Waals surface area (Å²) in [5.41, 5.74) is 6.27. The lowest BCUT2D eigenvalue weighted by molar-refractivity contribution is 0.0950. The van der Waals surface area contributed by atoms with E-state index in [-0.39, 0.29) is 5.41 Å². The van der Waals surface area contributed by atoms with Crippen LogP contribution in [0.4, 0.5) is 0 Å². The van der Waals surface area contributed by atoms with Gasteiger partial charge >= 0.3 is 0 Å². The summed E-state index contributed by atoms with van der Waals surface area (Å²) in [6, 6.07) is 26.6. The Morgan fingerprint density at radius 2 is 1.28 bits per heavy atom. The lowest BCUT2D eigenvalue weighted by Gasteiger charge is -2.38. The van der Waals surface area contributed by atoms with Crippen molar-refractivity contribution in [2.75, 3.05) is 0 Å². The minimum Gasteiger partial charge on any atom is -0.457 e. The molecule has 0 aromatic heterocycles. The van der Waals surface area contributed by atoms with E-state index in [1.165, 1.54) is 43.2 Å². The van der Waals surface area contributed by atoms with Crippen molar-refractivity contribution in [1.29, 1.82) is 0 Å². The Kier molecular flexibility index (Phi) is 4.63. The van der Waals surface area contributed by atoms with Gasteiger partial charge in [0, 0.05) is 5.41 Å². The zero-order valence-electron chi connectivity index (χ0n) is 21.7. The molecule has 8 unspecified atom stereocenters. The van der Waals surface area contributed by atoms with Gasteiger partial charge in [-0.1, -0.05) is 75.2 Å². The molecule has 0 saturated heterocycles. The largest absolute Gasteiger partial charge is 0.457 e. The van der Waals surface area contributed by atoms with Crippen molar-refractivity contribution >= 4 is 0 Å². The van der Waals surface area contributed by atoms with Gasteiger partial charge in [0.25, 0.3) is 0 Å². The fourth-order valence-corrected chi connectivity index (χ4v) is 10.7. The van der Waals surface area contributed by atoms with Crippen LogP contribution in [0.5, 0.6) is 11.5 Å². The molecule has 0 heterocycles. The number of ether oxygens (including phenoxy) is 1. The zero-order chi connectivity index (χ0) is 24.0. The summed E-state index contributed by atoms with van der Waals surface area (Å²) < 4.78 is 6.37. The van der Waals surface area contributed by atoms with E-state index >= 15 is 0 Å². The van der Waals surface area contributed by atoms with Crippen molar-refractivity contribution in [2.24, 2.45) is 47.3 Å². The highest BCUT2D eigenvalue weighted by atomic mass is 16.5. The molecular formula is C35H38O. The van der Waals surface area contributed by atoms with Crippen LogP contribution in [0, 0.1) is 47.3 Å². The van der Waals surface area contributed by atoms with Crippen LogP contribution in [0.1, 0.15) is 63.5 Å². The van der Waals surface area contributed by atoms with Crippen LogP contribution in [0.15, 0.2) is 72.8 Å². The maximum Gasteiger partial charge on any atom is 0.127 e. The number of hydrogen-bond acceptors (Lipinski definition) is 1. The van der Waals surface area contributed by atoms with Crippen LogP contribution in [0.2, 0.25) is 0 Å². The maximum atomic E-state index is 6.37. The highest BCUT2D eigenvalue weighted by molar-refractivity contribution is 5.82. The fraction of sp³-hybridized carbons (Fsp3) is 0.486. The van der Waals surface area contributed by atoms with Crippen molar-refractivity contribution in [3.63, 3.8) is 0 Å². The van der Waals surface area contributed by atoms with Crippen molar-refractivity contribution < 1.29 is 4.74 Å². The molecule has 2 bridgehead atoms. The molecular weight excluding hydrogens is 436 g/mol. The second kappa shape index (κ2) is 7.73. The lowest BCUT2D eigenvalue weighted by Crippen LogP contribution is -2.33. The highest BCUT2D eigenvalue weighted by Crippen LogP contribution is 2.74. The summed E-state index contributed by atoms with van der Waals surface area (Å²) in [6.45, 7) is 4.94. The molecule has 3 aromatic rings. The van der Waals surface area contributed by atoms with Crippen molar-refractivity contribution in [2.45, 2.75) is 57.8 Å². The molecule has 0 amide bonds. The zero-order valence-corrected chi connectivity index (χ0v) is 21.7. The molecule has 5 aliphatic rings. The van der Waals surface area contributed by atoms with Crippen molar-refractivity contribution in [1.82, 2.24) is 0 Å².